The molecule has 0 spiro atoms. The lowest BCUT2D eigenvalue weighted by Crippen LogP contribution is -2.17. The number of anilines is 1. The Morgan fingerprint density at radius 1 is 1.09 bits per heavy atom. The summed E-state index contributed by atoms with van der Waals surface area (Å²) in [7, 11) is 0. The van der Waals surface area contributed by atoms with E-state index < -0.39 is 0 Å². The summed E-state index contributed by atoms with van der Waals surface area (Å²) in [4.78, 5) is 30.4. The van der Waals surface area contributed by atoms with Crippen LogP contribution in [0.4, 0.5) is 5.69 Å². The van der Waals surface area contributed by atoms with Crippen molar-refractivity contribution in [1.29, 1.82) is 0 Å². The number of nitrogens with one attached hydrogen (secondary N) is 2. The number of hydrogen-bond donors (Lipinski definition) is 2. The highest BCUT2D eigenvalue weighted by atomic mass is 16.5. The molecule has 0 aliphatic heterocycles. The number of hydrogen-bond acceptors (Lipinski definition) is 4. The number of H-pyrrole nitrogens is 1. The van der Waals surface area contributed by atoms with Crippen LogP contribution in [0, 0.1) is 0 Å². The van der Waals surface area contributed by atoms with E-state index in [2.05, 4.69) is 15.3 Å². The van der Waals surface area contributed by atoms with Crippen LogP contribution in [0.3, 0.4) is 0 Å². The number of ether oxygens (including phenoxy) is 1. The van der Waals surface area contributed by atoms with Crippen LogP contribution >= 0.6 is 0 Å². The first-order valence-corrected chi connectivity index (χ1v) is 6.89. The van der Waals surface area contributed by atoms with Crippen LogP contribution < -0.4 is 15.5 Å². The molecule has 0 saturated carbocycles. The van der Waals surface area contributed by atoms with Gasteiger partial charge < -0.3 is 15.0 Å². The van der Waals surface area contributed by atoms with E-state index in [1.807, 2.05) is 0 Å². The lowest BCUT2D eigenvalue weighted by atomic mass is 10.2. The first-order chi connectivity index (χ1) is 11.2. The highest BCUT2D eigenvalue weighted by molar-refractivity contribution is 6.04. The summed E-state index contributed by atoms with van der Waals surface area (Å²) in [6.45, 7) is 0. The summed E-state index contributed by atoms with van der Waals surface area (Å²) < 4.78 is 5.60. The quantitative estimate of drug-likeness (QED) is 0.776. The molecule has 0 atom stereocenters. The lowest BCUT2D eigenvalue weighted by Gasteiger charge is -2.07. The van der Waals surface area contributed by atoms with Gasteiger partial charge in [-0.3, -0.25) is 14.6 Å². The van der Waals surface area contributed by atoms with Crippen LogP contribution in [-0.2, 0) is 0 Å². The van der Waals surface area contributed by atoms with E-state index in [9.17, 15) is 9.59 Å². The highest BCUT2D eigenvalue weighted by Gasteiger charge is 2.08. The molecule has 6 heteroatoms. The van der Waals surface area contributed by atoms with E-state index in [-0.39, 0.29) is 17.0 Å². The van der Waals surface area contributed by atoms with Crippen LogP contribution in [0.15, 0.2) is 72.0 Å². The average molecular weight is 307 g/mol. The smallest absolute Gasteiger partial charge is 0.255 e. The number of pyridine rings is 2. The van der Waals surface area contributed by atoms with Gasteiger partial charge in [-0.25, -0.2) is 0 Å². The normalized spacial score (nSPS) is 10.1. The number of amides is 1. The van der Waals surface area contributed by atoms with Crippen LogP contribution in [0.2, 0.25) is 0 Å². The number of carbonyl (C=O) groups excluding carboxylic acids is 1. The minimum Gasteiger partial charge on any atom is -0.456 e. The molecular weight excluding hydrogens is 294 g/mol. The summed E-state index contributed by atoms with van der Waals surface area (Å²) in [5.74, 6) is 0.835. The van der Waals surface area contributed by atoms with Gasteiger partial charge in [-0.15, -0.1) is 0 Å². The van der Waals surface area contributed by atoms with Crippen LogP contribution in [0.5, 0.6) is 11.5 Å². The summed E-state index contributed by atoms with van der Waals surface area (Å²) >= 11 is 0. The van der Waals surface area contributed by atoms with Crippen molar-refractivity contribution in [3.8, 4) is 11.5 Å². The Kier molecular flexibility index (Phi) is 4.15. The third-order valence-corrected chi connectivity index (χ3v) is 3.06. The molecular formula is C17H13N3O3. The molecule has 2 aromatic heterocycles. The number of aromatic nitrogens is 2. The Hall–Kier alpha value is -3.41. The first kappa shape index (κ1) is 14.5. The van der Waals surface area contributed by atoms with Crippen molar-refractivity contribution in [2.24, 2.45) is 0 Å². The maximum Gasteiger partial charge on any atom is 0.255 e. The Bertz CT molecular complexity index is 858. The van der Waals surface area contributed by atoms with E-state index >= 15 is 0 Å². The second kappa shape index (κ2) is 6.57. The molecule has 1 amide bonds. The number of rotatable bonds is 4. The molecule has 3 rings (SSSR count). The van der Waals surface area contributed by atoms with Crippen molar-refractivity contribution in [3.63, 3.8) is 0 Å². The summed E-state index contributed by atoms with van der Waals surface area (Å²) in [6.07, 6.45) is 6.20. The Morgan fingerprint density at radius 2 is 1.91 bits per heavy atom. The minimum absolute atomic E-state index is 0.202. The number of aromatic amines is 1. The predicted octanol–water partition coefficient (Wildman–Crippen LogP) is 2.81. The predicted molar refractivity (Wildman–Crippen MR) is 85.8 cm³/mol. The summed E-state index contributed by atoms with van der Waals surface area (Å²) in [6, 6.07) is 11.5. The zero-order valence-corrected chi connectivity index (χ0v) is 12.0. The maximum absolute atomic E-state index is 12.1. The highest BCUT2D eigenvalue weighted by Crippen LogP contribution is 2.20. The lowest BCUT2D eigenvalue weighted by molar-refractivity contribution is 0.102. The van der Waals surface area contributed by atoms with Crippen molar-refractivity contribution in [1.82, 2.24) is 9.97 Å². The van der Waals surface area contributed by atoms with Gasteiger partial charge in [0.15, 0.2) is 0 Å². The van der Waals surface area contributed by atoms with Gasteiger partial charge in [0.1, 0.15) is 17.2 Å². The van der Waals surface area contributed by atoms with Gasteiger partial charge in [0.2, 0.25) is 5.43 Å². The summed E-state index contributed by atoms with van der Waals surface area (Å²) in [5.41, 5.74) is 0.369. The zero-order valence-electron chi connectivity index (χ0n) is 12.0. The molecule has 114 valence electrons. The Balaban J connectivity index is 1.71. The van der Waals surface area contributed by atoms with Gasteiger partial charge in [0.25, 0.3) is 5.91 Å². The van der Waals surface area contributed by atoms with Crippen molar-refractivity contribution < 1.29 is 9.53 Å². The topological polar surface area (TPSA) is 84.1 Å². The van der Waals surface area contributed by atoms with Gasteiger partial charge >= 0.3 is 0 Å². The number of nitrogens with zero attached hydrogens (tertiary/aromatic N) is 1. The molecule has 0 fully saturated rings. The molecule has 2 heterocycles. The van der Waals surface area contributed by atoms with Crippen molar-refractivity contribution >= 4 is 11.6 Å². The van der Waals surface area contributed by atoms with E-state index in [1.54, 1.807) is 48.8 Å². The molecule has 1 aromatic carbocycles. The van der Waals surface area contributed by atoms with Crippen LogP contribution in [0.1, 0.15) is 10.4 Å². The van der Waals surface area contributed by atoms with E-state index in [4.69, 9.17) is 4.74 Å². The van der Waals surface area contributed by atoms with Gasteiger partial charge in [-0.2, -0.15) is 0 Å². The van der Waals surface area contributed by atoms with E-state index in [0.29, 0.717) is 17.1 Å². The molecule has 0 saturated heterocycles. The third-order valence-electron chi connectivity index (χ3n) is 3.06. The van der Waals surface area contributed by atoms with Gasteiger partial charge in [0.05, 0.1) is 6.20 Å². The third kappa shape index (κ3) is 3.62. The van der Waals surface area contributed by atoms with Crippen molar-refractivity contribution in [3.05, 3.63) is 83.0 Å². The van der Waals surface area contributed by atoms with Gasteiger partial charge in [-0.1, -0.05) is 0 Å². The molecule has 0 aliphatic carbocycles. The van der Waals surface area contributed by atoms with Gasteiger partial charge in [-0.05, 0) is 36.4 Å². The molecule has 0 aliphatic rings. The molecule has 3 aromatic rings. The van der Waals surface area contributed by atoms with Crippen LogP contribution in [0.25, 0.3) is 0 Å². The monoisotopic (exact) mass is 307 g/mol. The molecule has 0 bridgehead atoms. The second-order valence-electron chi connectivity index (χ2n) is 4.69. The minimum atomic E-state index is -0.366. The molecule has 6 nitrogen and oxygen atoms in total. The average Bonchev–Trinajstić information content (AvgIpc) is 2.58. The van der Waals surface area contributed by atoms with Crippen molar-refractivity contribution in [2.45, 2.75) is 0 Å². The van der Waals surface area contributed by atoms with E-state index in [1.165, 1.54) is 18.5 Å². The fourth-order valence-electron chi connectivity index (χ4n) is 1.93. The molecule has 0 unspecified atom stereocenters. The fraction of sp³-hybridized carbons (Fsp3) is 0. The maximum atomic E-state index is 12.1. The SMILES string of the molecule is O=C(Nc1c[nH]ccc1=O)c1ccc(Oc2cccnc2)cc1. The summed E-state index contributed by atoms with van der Waals surface area (Å²) in [5, 5.41) is 2.56. The van der Waals surface area contributed by atoms with Crippen molar-refractivity contribution in [2.75, 3.05) is 5.32 Å². The zero-order chi connectivity index (χ0) is 16.1. The first-order valence-electron chi connectivity index (χ1n) is 6.89. The molecule has 0 radical (unpaired) electrons. The Labute approximate surface area is 131 Å². The fourth-order valence-corrected chi connectivity index (χ4v) is 1.93. The molecule has 23 heavy (non-hydrogen) atoms. The molecule has 2 N–H and O–H groups in total. The Morgan fingerprint density at radius 3 is 2.61 bits per heavy atom. The largest absolute Gasteiger partial charge is 0.456 e. The second-order valence-corrected chi connectivity index (χ2v) is 4.69. The van der Waals surface area contributed by atoms with Crippen LogP contribution in [-0.4, -0.2) is 15.9 Å². The number of carbonyl (C=O) groups is 1. The van der Waals surface area contributed by atoms with Gasteiger partial charge in [0, 0.05) is 30.2 Å². The standard InChI is InChI=1S/C17H13N3O3/c21-16-7-9-19-11-15(16)20-17(22)12-3-5-13(6-4-12)23-14-2-1-8-18-10-14/h1-11H,(H,19,21)(H,20,22). The van der Waals surface area contributed by atoms with E-state index in [0.717, 1.165) is 0 Å². The number of benzene rings is 1.